The van der Waals surface area contributed by atoms with Crippen LogP contribution in [0.15, 0.2) is 48.5 Å². The molecule has 1 heterocycles. The van der Waals surface area contributed by atoms with E-state index in [0.29, 0.717) is 6.42 Å². The topological polar surface area (TPSA) is 46.2 Å². The Labute approximate surface area is 128 Å². The molecule has 4 aliphatic rings. The zero-order valence-corrected chi connectivity index (χ0v) is 12.0. The Morgan fingerprint density at radius 3 is 1.82 bits per heavy atom. The lowest BCUT2D eigenvalue weighted by Crippen LogP contribution is -2.54. The van der Waals surface area contributed by atoms with Crippen LogP contribution in [0.2, 0.25) is 0 Å². The van der Waals surface area contributed by atoms with Crippen LogP contribution in [0.5, 0.6) is 0 Å². The molecule has 0 saturated carbocycles. The van der Waals surface area contributed by atoms with Gasteiger partial charge in [0, 0.05) is 18.3 Å². The van der Waals surface area contributed by atoms with Crippen molar-refractivity contribution in [2.75, 3.05) is 0 Å². The van der Waals surface area contributed by atoms with Gasteiger partial charge < -0.3 is 0 Å². The van der Waals surface area contributed by atoms with Crippen molar-refractivity contribution in [3.05, 3.63) is 70.8 Å². The summed E-state index contributed by atoms with van der Waals surface area (Å²) in [5.74, 6) is -0.00883. The van der Waals surface area contributed by atoms with Crippen molar-refractivity contribution < 1.29 is 9.59 Å². The van der Waals surface area contributed by atoms with Crippen LogP contribution >= 0.6 is 0 Å². The molecule has 22 heavy (non-hydrogen) atoms. The fraction of sp³-hybridized carbons (Fsp3) is 0.263. The lowest BCUT2D eigenvalue weighted by molar-refractivity contribution is -0.140. The monoisotopic (exact) mass is 289 g/mol. The third-order valence-electron chi connectivity index (χ3n) is 5.57. The van der Waals surface area contributed by atoms with Crippen LogP contribution in [0.1, 0.15) is 40.5 Å². The molecule has 2 aromatic carbocycles. The predicted octanol–water partition coefficient (Wildman–Crippen LogP) is 2.56. The smallest absolute Gasteiger partial charge is 0.230 e. The van der Waals surface area contributed by atoms with Crippen LogP contribution in [0.25, 0.3) is 0 Å². The second kappa shape index (κ2) is 4.07. The van der Waals surface area contributed by atoms with Crippen LogP contribution in [0.4, 0.5) is 0 Å². The summed E-state index contributed by atoms with van der Waals surface area (Å²) in [5, 5.41) is 2.55. The average molecular weight is 289 g/mol. The normalized spacial score (nSPS) is 31.1. The Morgan fingerprint density at radius 1 is 0.773 bits per heavy atom. The van der Waals surface area contributed by atoms with Gasteiger partial charge in [0.2, 0.25) is 11.8 Å². The number of nitrogens with one attached hydrogen (secondary N) is 1. The summed E-state index contributed by atoms with van der Waals surface area (Å²) in [5.41, 5.74) is 5.12. The van der Waals surface area contributed by atoms with E-state index in [0.717, 1.165) is 0 Å². The molecule has 2 unspecified atom stereocenters. The summed E-state index contributed by atoms with van der Waals surface area (Å²) in [4.78, 5) is 24.4. The van der Waals surface area contributed by atoms with Crippen molar-refractivity contribution in [1.82, 2.24) is 5.32 Å². The summed E-state index contributed by atoms with van der Waals surface area (Å²) >= 11 is 0. The highest BCUT2D eigenvalue weighted by atomic mass is 16.2. The number of rotatable bonds is 0. The lowest BCUT2D eigenvalue weighted by atomic mass is 9.52. The molecule has 0 aromatic heterocycles. The van der Waals surface area contributed by atoms with Gasteiger partial charge in [0.1, 0.15) is 0 Å². The zero-order valence-electron chi connectivity index (χ0n) is 12.0. The molecule has 3 aliphatic carbocycles. The highest BCUT2D eigenvalue weighted by Crippen LogP contribution is 2.59. The van der Waals surface area contributed by atoms with Crippen LogP contribution in [0.3, 0.4) is 0 Å². The zero-order chi connectivity index (χ0) is 14.8. The number of benzene rings is 2. The summed E-state index contributed by atoms with van der Waals surface area (Å²) in [7, 11) is 0. The van der Waals surface area contributed by atoms with Crippen molar-refractivity contribution >= 4 is 11.8 Å². The lowest BCUT2D eigenvalue weighted by Gasteiger charge is -2.51. The van der Waals surface area contributed by atoms with Crippen molar-refractivity contribution in [3.8, 4) is 0 Å². The molecule has 0 radical (unpaired) electrons. The van der Waals surface area contributed by atoms with Gasteiger partial charge >= 0.3 is 0 Å². The highest BCUT2D eigenvalue weighted by Gasteiger charge is 2.54. The second-order valence-electron chi connectivity index (χ2n) is 6.52. The van der Waals surface area contributed by atoms with Crippen molar-refractivity contribution in [1.29, 1.82) is 0 Å². The Hall–Kier alpha value is -2.42. The summed E-state index contributed by atoms with van der Waals surface area (Å²) < 4.78 is 0. The maximum absolute atomic E-state index is 12.5. The molecule has 1 saturated heterocycles. The fourth-order valence-electron chi connectivity index (χ4n) is 4.87. The minimum Gasteiger partial charge on any atom is -0.296 e. The first-order chi connectivity index (χ1) is 10.8. The summed E-state index contributed by atoms with van der Waals surface area (Å²) in [6.45, 7) is 0. The Kier molecular flexibility index (Phi) is 2.25. The van der Waals surface area contributed by atoms with E-state index >= 15 is 0 Å². The molecule has 1 fully saturated rings. The molecule has 0 spiro atoms. The molecule has 2 atom stereocenters. The van der Waals surface area contributed by atoms with E-state index in [4.69, 9.17) is 0 Å². The summed E-state index contributed by atoms with van der Waals surface area (Å²) in [6, 6.07) is 16.8. The average Bonchev–Trinajstić information content (AvgIpc) is 2.54. The SMILES string of the molecule is O=C1CC2C3c4ccccc4C(c4ccccc43)C2C(=O)N1. The first kappa shape index (κ1) is 12.2. The van der Waals surface area contributed by atoms with E-state index in [1.54, 1.807) is 0 Å². The molecule has 6 rings (SSSR count). The van der Waals surface area contributed by atoms with Crippen molar-refractivity contribution in [3.63, 3.8) is 0 Å². The first-order valence-corrected chi connectivity index (χ1v) is 7.77. The van der Waals surface area contributed by atoms with E-state index in [2.05, 4.69) is 41.7 Å². The molecule has 2 bridgehead atoms. The quantitative estimate of drug-likeness (QED) is 0.758. The number of carbonyl (C=O) groups excluding carboxylic acids is 2. The Morgan fingerprint density at radius 2 is 1.27 bits per heavy atom. The van der Waals surface area contributed by atoms with Crippen LogP contribution in [-0.4, -0.2) is 11.8 Å². The second-order valence-corrected chi connectivity index (χ2v) is 6.52. The minimum atomic E-state index is -0.131. The van der Waals surface area contributed by atoms with Gasteiger partial charge in [0.25, 0.3) is 0 Å². The number of piperidine rings is 1. The Balaban J connectivity index is 1.82. The molecule has 3 heteroatoms. The van der Waals surface area contributed by atoms with Gasteiger partial charge in [-0.15, -0.1) is 0 Å². The first-order valence-electron chi connectivity index (χ1n) is 7.77. The number of carbonyl (C=O) groups is 2. The third-order valence-corrected chi connectivity index (χ3v) is 5.57. The number of amides is 2. The largest absolute Gasteiger partial charge is 0.296 e. The molecule has 2 aromatic rings. The molecular weight excluding hydrogens is 274 g/mol. The van der Waals surface area contributed by atoms with E-state index in [9.17, 15) is 9.59 Å². The highest BCUT2D eigenvalue weighted by molar-refractivity contribution is 6.00. The molecule has 3 nitrogen and oxygen atoms in total. The maximum Gasteiger partial charge on any atom is 0.230 e. The van der Waals surface area contributed by atoms with E-state index in [-0.39, 0.29) is 35.5 Å². The van der Waals surface area contributed by atoms with Gasteiger partial charge in [-0.2, -0.15) is 0 Å². The summed E-state index contributed by atoms with van der Waals surface area (Å²) in [6.07, 6.45) is 0.445. The van der Waals surface area contributed by atoms with Gasteiger partial charge in [0.05, 0.1) is 5.92 Å². The minimum absolute atomic E-state index is 0.0792. The van der Waals surface area contributed by atoms with Gasteiger partial charge in [-0.05, 0) is 28.2 Å². The standard InChI is InChI=1S/C19H15NO2/c21-15-9-14-16-10-5-1-3-7-12(10)17(18(14)19(22)20-15)13-8-4-2-6-11(13)16/h1-8,14,16-18H,9H2,(H,20,21,22). The number of hydrogen-bond donors (Lipinski definition) is 1. The van der Waals surface area contributed by atoms with Crippen molar-refractivity contribution in [2.45, 2.75) is 18.3 Å². The third kappa shape index (κ3) is 1.36. The predicted molar refractivity (Wildman–Crippen MR) is 81.3 cm³/mol. The fourth-order valence-corrected chi connectivity index (χ4v) is 4.87. The van der Waals surface area contributed by atoms with Crippen molar-refractivity contribution in [2.24, 2.45) is 11.8 Å². The molecule has 2 amide bonds. The van der Waals surface area contributed by atoms with Crippen LogP contribution in [-0.2, 0) is 9.59 Å². The van der Waals surface area contributed by atoms with E-state index in [1.165, 1.54) is 22.3 Å². The number of imide groups is 1. The molecule has 1 N–H and O–H groups in total. The van der Waals surface area contributed by atoms with Gasteiger partial charge in [-0.3, -0.25) is 14.9 Å². The molecule has 108 valence electrons. The maximum atomic E-state index is 12.5. The van der Waals surface area contributed by atoms with Gasteiger partial charge in [-0.1, -0.05) is 48.5 Å². The van der Waals surface area contributed by atoms with Crippen LogP contribution in [0, 0.1) is 11.8 Å². The van der Waals surface area contributed by atoms with Crippen LogP contribution < -0.4 is 5.32 Å². The number of hydrogen-bond acceptors (Lipinski definition) is 2. The van der Waals surface area contributed by atoms with E-state index < -0.39 is 0 Å². The van der Waals surface area contributed by atoms with Gasteiger partial charge in [-0.25, -0.2) is 0 Å². The van der Waals surface area contributed by atoms with E-state index in [1.807, 2.05) is 12.1 Å². The molecule has 1 aliphatic heterocycles. The van der Waals surface area contributed by atoms with Gasteiger partial charge in [0.15, 0.2) is 0 Å². The molecular formula is C19H15NO2. The Bertz CT molecular complexity index is 778.